The molecule has 0 spiro atoms. The van der Waals surface area contributed by atoms with Gasteiger partial charge in [-0.05, 0) is 0 Å². The highest BCUT2D eigenvalue weighted by Gasteiger charge is 1.98. The molecule has 0 aliphatic rings. The molecule has 0 unspecified atom stereocenters. The standard InChI is InChI=1S/C4H7N3O2/c1-8-3-5-4(9-2)7-6-3/h1-2H3,(H,5,6,7). The van der Waals surface area contributed by atoms with E-state index in [4.69, 9.17) is 0 Å². The minimum absolute atomic E-state index is 0.284. The quantitative estimate of drug-likeness (QED) is 0.601. The predicted octanol–water partition coefficient (Wildman–Crippen LogP) is -0.178. The van der Waals surface area contributed by atoms with Crippen molar-refractivity contribution in [1.82, 2.24) is 15.2 Å². The first kappa shape index (κ1) is 5.87. The lowest BCUT2D eigenvalue weighted by Gasteiger charge is -1.86. The molecule has 1 aromatic heterocycles. The first-order valence-electron chi connectivity index (χ1n) is 2.37. The fourth-order valence-electron chi connectivity index (χ4n) is 0.415. The van der Waals surface area contributed by atoms with E-state index in [2.05, 4.69) is 24.7 Å². The Hall–Kier alpha value is -1.26. The Morgan fingerprint density at radius 3 is 2.44 bits per heavy atom. The number of hydrogen-bond acceptors (Lipinski definition) is 4. The van der Waals surface area contributed by atoms with Gasteiger partial charge in [0.25, 0.3) is 0 Å². The summed E-state index contributed by atoms with van der Waals surface area (Å²) in [5, 5.41) is 6.12. The van der Waals surface area contributed by atoms with Crippen molar-refractivity contribution in [2.24, 2.45) is 0 Å². The number of nitrogens with zero attached hydrogens (tertiary/aromatic N) is 2. The summed E-state index contributed by atoms with van der Waals surface area (Å²) < 4.78 is 9.35. The van der Waals surface area contributed by atoms with E-state index < -0.39 is 0 Å². The minimum atomic E-state index is 0.284. The Morgan fingerprint density at radius 2 is 2.11 bits per heavy atom. The van der Waals surface area contributed by atoms with Gasteiger partial charge in [0.05, 0.1) is 14.2 Å². The summed E-state index contributed by atoms with van der Waals surface area (Å²) in [6.45, 7) is 0. The van der Waals surface area contributed by atoms with Crippen molar-refractivity contribution in [1.29, 1.82) is 0 Å². The Bertz CT molecular complexity index is 167. The molecule has 1 heterocycles. The van der Waals surface area contributed by atoms with Crippen molar-refractivity contribution in [3.63, 3.8) is 0 Å². The minimum Gasteiger partial charge on any atom is -0.467 e. The smallest absolute Gasteiger partial charge is 0.338 e. The fourth-order valence-corrected chi connectivity index (χ4v) is 0.415. The van der Waals surface area contributed by atoms with Crippen LogP contribution in [0.15, 0.2) is 0 Å². The summed E-state index contributed by atoms with van der Waals surface area (Å²) in [5.74, 6) is 0. The molecule has 0 amide bonds. The van der Waals surface area contributed by atoms with Gasteiger partial charge in [-0.15, -0.1) is 10.1 Å². The van der Waals surface area contributed by atoms with Gasteiger partial charge in [-0.2, -0.15) is 0 Å². The van der Waals surface area contributed by atoms with E-state index in [-0.39, 0.29) is 6.01 Å². The van der Waals surface area contributed by atoms with Crippen molar-refractivity contribution >= 4 is 0 Å². The van der Waals surface area contributed by atoms with E-state index in [1.165, 1.54) is 14.2 Å². The van der Waals surface area contributed by atoms with Crippen LogP contribution in [0, 0.1) is 0 Å². The van der Waals surface area contributed by atoms with Crippen LogP contribution >= 0.6 is 0 Å². The average molecular weight is 129 g/mol. The molecule has 0 atom stereocenters. The fraction of sp³-hybridized carbons (Fsp3) is 0.500. The lowest BCUT2D eigenvalue weighted by Crippen LogP contribution is -1.84. The highest BCUT2D eigenvalue weighted by atomic mass is 16.5. The number of nitrogens with one attached hydrogen (secondary N) is 1. The molecule has 50 valence electrons. The molecular formula is C4H7N3O2. The molecule has 1 N–H and O–H groups in total. The molecule has 1 rings (SSSR count). The van der Waals surface area contributed by atoms with Crippen molar-refractivity contribution in [2.75, 3.05) is 14.2 Å². The molecule has 0 fully saturated rings. The third-order valence-electron chi connectivity index (χ3n) is 0.820. The van der Waals surface area contributed by atoms with Gasteiger partial charge in [0, 0.05) is 0 Å². The molecule has 5 nitrogen and oxygen atoms in total. The van der Waals surface area contributed by atoms with Crippen LogP contribution in [0.4, 0.5) is 0 Å². The number of aromatic amines is 1. The van der Waals surface area contributed by atoms with Gasteiger partial charge in [0.1, 0.15) is 0 Å². The Balaban J connectivity index is 2.74. The second-order valence-electron chi connectivity index (χ2n) is 1.33. The zero-order valence-electron chi connectivity index (χ0n) is 5.21. The maximum atomic E-state index is 4.69. The zero-order valence-corrected chi connectivity index (χ0v) is 5.21. The van der Waals surface area contributed by atoms with Crippen LogP contribution in [0.3, 0.4) is 0 Å². The lowest BCUT2D eigenvalue weighted by molar-refractivity contribution is 0.366. The van der Waals surface area contributed by atoms with Gasteiger partial charge in [0.15, 0.2) is 0 Å². The van der Waals surface area contributed by atoms with Gasteiger partial charge < -0.3 is 9.47 Å². The second kappa shape index (κ2) is 2.34. The van der Waals surface area contributed by atoms with Crippen molar-refractivity contribution < 1.29 is 9.47 Å². The van der Waals surface area contributed by atoms with E-state index in [1.54, 1.807) is 0 Å². The first-order valence-corrected chi connectivity index (χ1v) is 2.37. The van der Waals surface area contributed by atoms with Crippen LogP contribution in [0.2, 0.25) is 0 Å². The molecule has 0 aromatic carbocycles. The Kier molecular flexibility index (Phi) is 1.53. The third kappa shape index (κ3) is 1.10. The summed E-state index contributed by atoms with van der Waals surface area (Å²) in [7, 11) is 2.99. The SMILES string of the molecule is COc1n[nH]c(OC)n1. The van der Waals surface area contributed by atoms with E-state index >= 15 is 0 Å². The Morgan fingerprint density at radius 1 is 1.33 bits per heavy atom. The van der Waals surface area contributed by atoms with Gasteiger partial charge in [-0.3, -0.25) is 0 Å². The van der Waals surface area contributed by atoms with Crippen LogP contribution in [-0.2, 0) is 0 Å². The summed E-state index contributed by atoms with van der Waals surface area (Å²) in [6.07, 6.45) is 0. The van der Waals surface area contributed by atoms with E-state index in [9.17, 15) is 0 Å². The van der Waals surface area contributed by atoms with Crippen LogP contribution in [-0.4, -0.2) is 29.4 Å². The number of ether oxygens (including phenoxy) is 2. The number of H-pyrrole nitrogens is 1. The number of rotatable bonds is 2. The van der Waals surface area contributed by atoms with Crippen molar-refractivity contribution in [3.8, 4) is 12.0 Å². The van der Waals surface area contributed by atoms with Crippen molar-refractivity contribution in [2.45, 2.75) is 0 Å². The zero-order chi connectivity index (χ0) is 6.69. The van der Waals surface area contributed by atoms with E-state index in [0.29, 0.717) is 6.01 Å². The highest BCUT2D eigenvalue weighted by Crippen LogP contribution is 2.04. The summed E-state index contributed by atoms with van der Waals surface area (Å²) in [6, 6.07) is 0.638. The van der Waals surface area contributed by atoms with Crippen molar-refractivity contribution in [3.05, 3.63) is 0 Å². The predicted molar refractivity (Wildman–Crippen MR) is 29.5 cm³/mol. The molecule has 0 bridgehead atoms. The van der Waals surface area contributed by atoms with Crippen LogP contribution < -0.4 is 9.47 Å². The number of hydrogen-bond donors (Lipinski definition) is 1. The number of methoxy groups -OCH3 is 2. The monoisotopic (exact) mass is 129 g/mol. The van der Waals surface area contributed by atoms with Gasteiger partial charge >= 0.3 is 12.0 Å². The van der Waals surface area contributed by atoms with E-state index in [1.807, 2.05) is 0 Å². The molecule has 9 heavy (non-hydrogen) atoms. The highest BCUT2D eigenvalue weighted by molar-refractivity contribution is 4.98. The first-order chi connectivity index (χ1) is 4.36. The molecule has 0 radical (unpaired) electrons. The van der Waals surface area contributed by atoms with E-state index in [0.717, 1.165) is 0 Å². The maximum Gasteiger partial charge on any atom is 0.338 e. The molecule has 5 heteroatoms. The summed E-state index contributed by atoms with van der Waals surface area (Å²) >= 11 is 0. The summed E-state index contributed by atoms with van der Waals surface area (Å²) in [5.41, 5.74) is 0. The topological polar surface area (TPSA) is 60.0 Å². The summed E-state index contributed by atoms with van der Waals surface area (Å²) in [4.78, 5) is 3.74. The van der Waals surface area contributed by atoms with Gasteiger partial charge in [0.2, 0.25) is 0 Å². The number of aromatic nitrogens is 3. The average Bonchev–Trinajstić information content (AvgIpc) is 2.34. The molecular weight excluding hydrogens is 122 g/mol. The Labute approximate surface area is 52.0 Å². The van der Waals surface area contributed by atoms with Crippen LogP contribution in [0.5, 0.6) is 12.0 Å². The van der Waals surface area contributed by atoms with Crippen LogP contribution in [0.1, 0.15) is 0 Å². The lowest BCUT2D eigenvalue weighted by atomic mass is 11.1. The van der Waals surface area contributed by atoms with Gasteiger partial charge in [-0.25, -0.2) is 5.10 Å². The van der Waals surface area contributed by atoms with Crippen LogP contribution in [0.25, 0.3) is 0 Å². The molecule has 1 aromatic rings. The molecule has 0 saturated carbocycles. The molecule has 0 saturated heterocycles. The molecule has 0 aliphatic heterocycles. The third-order valence-corrected chi connectivity index (χ3v) is 0.820. The second-order valence-corrected chi connectivity index (χ2v) is 1.33. The molecule has 0 aliphatic carbocycles. The maximum absolute atomic E-state index is 4.69. The largest absolute Gasteiger partial charge is 0.467 e. The van der Waals surface area contributed by atoms with Gasteiger partial charge in [-0.1, -0.05) is 0 Å². The normalized spacial score (nSPS) is 9.11.